The smallest absolute Gasteiger partial charge is 0.241 e. The molecule has 2 heterocycles. The van der Waals surface area contributed by atoms with E-state index in [9.17, 15) is 8.42 Å². The summed E-state index contributed by atoms with van der Waals surface area (Å²) >= 11 is 0. The standard InChI is InChI=1S/C21H26N2O5S/c24-29(25,18-7-8-20-21(15-18)28-12-4-11-27-20)22-19(17-5-2-1-3-6-17)16-23-9-13-26-14-10-23/h1-3,5-8,15,19,22H,4,9-14,16H2/p+1/t19-/m1/s1. The molecule has 8 heteroatoms. The highest BCUT2D eigenvalue weighted by Crippen LogP contribution is 2.32. The van der Waals surface area contributed by atoms with Crippen molar-refractivity contribution in [2.75, 3.05) is 46.1 Å². The topological polar surface area (TPSA) is 78.3 Å². The van der Waals surface area contributed by atoms with Crippen molar-refractivity contribution in [2.24, 2.45) is 0 Å². The van der Waals surface area contributed by atoms with E-state index in [4.69, 9.17) is 14.2 Å². The van der Waals surface area contributed by atoms with Crippen LogP contribution in [-0.4, -0.2) is 54.5 Å². The minimum absolute atomic E-state index is 0.180. The van der Waals surface area contributed by atoms with Gasteiger partial charge in [-0.1, -0.05) is 30.3 Å². The molecule has 156 valence electrons. The summed E-state index contributed by atoms with van der Waals surface area (Å²) in [5, 5.41) is 0. The first-order chi connectivity index (χ1) is 14.1. The van der Waals surface area contributed by atoms with E-state index in [0.29, 0.717) is 44.5 Å². The number of fused-ring (bicyclic) bond motifs is 1. The van der Waals surface area contributed by atoms with Crippen molar-refractivity contribution in [3.8, 4) is 11.5 Å². The molecule has 0 amide bonds. The van der Waals surface area contributed by atoms with Crippen LogP contribution in [0.5, 0.6) is 11.5 Å². The Kier molecular flexibility index (Phi) is 6.34. The molecule has 0 spiro atoms. The van der Waals surface area contributed by atoms with Crippen LogP contribution in [-0.2, 0) is 14.8 Å². The van der Waals surface area contributed by atoms with Gasteiger partial charge in [0.05, 0.1) is 43.9 Å². The van der Waals surface area contributed by atoms with Gasteiger partial charge < -0.3 is 19.1 Å². The lowest BCUT2D eigenvalue weighted by Gasteiger charge is -2.28. The maximum absolute atomic E-state index is 13.2. The Labute approximate surface area is 171 Å². The van der Waals surface area contributed by atoms with Crippen molar-refractivity contribution in [3.05, 3.63) is 54.1 Å². The number of quaternary nitrogens is 1. The molecule has 2 aromatic carbocycles. The van der Waals surface area contributed by atoms with E-state index in [1.807, 2.05) is 30.3 Å². The van der Waals surface area contributed by atoms with Gasteiger partial charge in [-0.3, -0.25) is 0 Å². The summed E-state index contributed by atoms with van der Waals surface area (Å²) in [7, 11) is -3.73. The van der Waals surface area contributed by atoms with Crippen molar-refractivity contribution >= 4 is 10.0 Å². The molecule has 2 aliphatic rings. The fraction of sp³-hybridized carbons (Fsp3) is 0.429. The van der Waals surface area contributed by atoms with E-state index in [1.165, 1.54) is 4.90 Å². The Morgan fingerprint density at radius 1 is 0.931 bits per heavy atom. The first-order valence-electron chi connectivity index (χ1n) is 10.00. The molecule has 0 aliphatic carbocycles. The van der Waals surface area contributed by atoms with Crippen molar-refractivity contribution in [3.63, 3.8) is 0 Å². The highest BCUT2D eigenvalue weighted by molar-refractivity contribution is 7.89. The molecule has 0 aromatic heterocycles. The van der Waals surface area contributed by atoms with E-state index < -0.39 is 10.0 Å². The first kappa shape index (κ1) is 20.2. The Morgan fingerprint density at radius 2 is 1.66 bits per heavy atom. The van der Waals surface area contributed by atoms with Crippen LogP contribution < -0.4 is 19.1 Å². The molecule has 29 heavy (non-hydrogen) atoms. The lowest BCUT2D eigenvalue weighted by atomic mass is 10.1. The van der Waals surface area contributed by atoms with Gasteiger partial charge in [0.15, 0.2) is 11.5 Å². The monoisotopic (exact) mass is 419 g/mol. The average molecular weight is 420 g/mol. The summed E-state index contributed by atoms with van der Waals surface area (Å²) in [5.74, 6) is 1.05. The van der Waals surface area contributed by atoms with Crippen molar-refractivity contribution < 1.29 is 27.5 Å². The largest absolute Gasteiger partial charge is 0.490 e. The van der Waals surface area contributed by atoms with Crippen molar-refractivity contribution in [1.82, 2.24) is 4.72 Å². The molecule has 1 fully saturated rings. The molecule has 1 saturated heterocycles. The number of ether oxygens (including phenoxy) is 3. The van der Waals surface area contributed by atoms with Crippen LogP contribution in [0.15, 0.2) is 53.4 Å². The van der Waals surface area contributed by atoms with Crippen LogP contribution in [0.1, 0.15) is 18.0 Å². The van der Waals surface area contributed by atoms with Gasteiger partial charge in [0.1, 0.15) is 13.1 Å². The summed E-state index contributed by atoms with van der Waals surface area (Å²) in [5.41, 5.74) is 0.949. The zero-order valence-corrected chi connectivity index (χ0v) is 17.1. The molecule has 2 aliphatic heterocycles. The molecular formula is C21H27N2O5S+. The molecule has 0 unspecified atom stereocenters. The highest BCUT2D eigenvalue weighted by atomic mass is 32.2. The third-order valence-electron chi connectivity index (χ3n) is 5.22. The van der Waals surface area contributed by atoms with E-state index >= 15 is 0 Å². The lowest BCUT2D eigenvalue weighted by molar-refractivity contribution is -0.909. The van der Waals surface area contributed by atoms with E-state index in [1.54, 1.807) is 18.2 Å². The van der Waals surface area contributed by atoms with Gasteiger partial charge in [-0.25, -0.2) is 8.42 Å². The van der Waals surface area contributed by atoms with Crippen molar-refractivity contribution in [2.45, 2.75) is 17.4 Å². The molecule has 0 bridgehead atoms. The molecule has 1 atom stereocenters. The summed E-state index contributed by atoms with van der Waals surface area (Å²) in [6.45, 7) is 4.88. The Balaban J connectivity index is 1.57. The SMILES string of the molecule is O=S(=O)(N[C@H](C[NH+]1CCOCC1)c1ccccc1)c1ccc2c(c1)OCCCO2. The maximum atomic E-state index is 13.2. The predicted molar refractivity (Wildman–Crippen MR) is 108 cm³/mol. The van der Waals surface area contributed by atoms with E-state index in [0.717, 1.165) is 25.1 Å². The maximum Gasteiger partial charge on any atom is 0.241 e. The molecule has 2 aromatic rings. The summed E-state index contributed by atoms with van der Waals surface area (Å²) in [6, 6.07) is 14.2. The highest BCUT2D eigenvalue weighted by Gasteiger charge is 2.27. The second kappa shape index (κ2) is 9.13. The number of rotatable bonds is 6. The molecule has 7 nitrogen and oxygen atoms in total. The third kappa shape index (κ3) is 5.08. The minimum atomic E-state index is -3.73. The molecule has 0 saturated carbocycles. The van der Waals surface area contributed by atoms with E-state index in [2.05, 4.69) is 4.72 Å². The normalized spacial score (nSPS) is 18.8. The number of sulfonamides is 1. The van der Waals surface area contributed by atoms with Crippen molar-refractivity contribution in [1.29, 1.82) is 0 Å². The van der Waals surface area contributed by atoms with Gasteiger partial charge in [0, 0.05) is 12.5 Å². The lowest BCUT2D eigenvalue weighted by Crippen LogP contribution is -3.14. The third-order valence-corrected chi connectivity index (χ3v) is 6.69. The second-order valence-electron chi connectivity index (χ2n) is 7.31. The minimum Gasteiger partial charge on any atom is -0.490 e. The van der Waals surface area contributed by atoms with Gasteiger partial charge in [0.25, 0.3) is 0 Å². The Hall–Kier alpha value is -2.13. The van der Waals surface area contributed by atoms with Gasteiger partial charge in [0.2, 0.25) is 10.0 Å². The van der Waals surface area contributed by atoms with Gasteiger partial charge in [-0.15, -0.1) is 0 Å². The Bertz CT molecular complexity index is 914. The van der Waals surface area contributed by atoms with Crippen LogP contribution in [0.2, 0.25) is 0 Å². The molecule has 2 N–H and O–H groups in total. The summed E-state index contributed by atoms with van der Waals surface area (Å²) in [4.78, 5) is 1.51. The van der Waals surface area contributed by atoms with Crippen LogP contribution in [0, 0.1) is 0 Å². The number of benzene rings is 2. The van der Waals surface area contributed by atoms with Crippen LogP contribution >= 0.6 is 0 Å². The average Bonchev–Trinajstić information content (AvgIpc) is 2.99. The predicted octanol–water partition coefficient (Wildman–Crippen LogP) is 0.783. The van der Waals surface area contributed by atoms with E-state index in [-0.39, 0.29) is 10.9 Å². The number of hydrogen-bond donors (Lipinski definition) is 2. The molecule has 0 radical (unpaired) electrons. The molecular weight excluding hydrogens is 392 g/mol. The van der Waals surface area contributed by atoms with Gasteiger partial charge in [-0.2, -0.15) is 4.72 Å². The zero-order valence-electron chi connectivity index (χ0n) is 16.3. The van der Waals surface area contributed by atoms with Gasteiger partial charge in [-0.05, 0) is 17.7 Å². The van der Waals surface area contributed by atoms with Crippen LogP contribution in [0.4, 0.5) is 0 Å². The number of morpholine rings is 1. The van der Waals surface area contributed by atoms with Crippen LogP contribution in [0.25, 0.3) is 0 Å². The number of nitrogens with one attached hydrogen (secondary N) is 2. The molecule has 4 rings (SSSR count). The first-order valence-corrected chi connectivity index (χ1v) is 11.5. The zero-order chi connectivity index (χ0) is 20.1. The number of hydrogen-bond acceptors (Lipinski definition) is 5. The summed E-state index contributed by atoms with van der Waals surface area (Å²) < 4.78 is 46.0. The quantitative estimate of drug-likeness (QED) is 0.724. The summed E-state index contributed by atoms with van der Waals surface area (Å²) in [6.07, 6.45) is 0.771. The van der Waals surface area contributed by atoms with Crippen LogP contribution in [0.3, 0.4) is 0 Å². The Morgan fingerprint density at radius 3 is 2.41 bits per heavy atom. The second-order valence-corrected chi connectivity index (χ2v) is 9.02. The fourth-order valence-corrected chi connectivity index (χ4v) is 4.87. The fourth-order valence-electron chi connectivity index (χ4n) is 3.63. The van der Waals surface area contributed by atoms with Gasteiger partial charge >= 0.3 is 0 Å².